The highest BCUT2D eigenvalue weighted by Gasteiger charge is 2.06. The summed E-state index contributed by atoms with van der Waals surface area (Å²) in [4.78, 5) is 13.2. The molecular weight excluding hydrogens is 232 g/mol. The predicted octanol–water partition coefficient (Wildman–Crippen LogP) is 3.48. The minimum atomic E-state index is 0.123. The third-order valence-electron chi connectivity index (χ3n) is 1.41. The fraction of sp³-hybridized carbons (Fsp3) is 0.125. The van der Waals surface area contributed by atoms with Gasteiger partial charge in [0.05, 0.1) is 6.54 Å². The van der Waals surface area contributed by atoms with Crippen molar-refractivity contribution in [2.24, 2.45) is 4.99 Å². The van der Waals surface area contributed by atoms with Crippen molar-refractivity contribution in [3.63, 3.8) is 0 Å². The lowest BCUT2D eigenvalue weighted by Crippen LogP contribution is -1.85. The second-order valence-corrected chi connectivity index (χ2v) is 3.51. The van der Waals surface area contributed by atoms with Crippen LogP contribution >= 0.6 is 34.8 Å². The highest BCUT2D eigenvalue weighted by molar-refractivity contribution is 6.39. The van der Waals surface area contributed by atoms with Gasteiger partial charge in [0.25, 0.3) is 0 Å². The maximum absolute atomic E-state index is 9.86. The Bertz CT molecular complexity index is 349. The first-order valence-electron chi connectivity index (χ1n) is 3.32. The van der Waals surface area contributed by atoms with Crippen LogP contribution in [0.5, 0.6) is 0 Å². The number of benzene rings is 1. The molecule has 0 fully saturated rings. The fourth-order valence-electron chi connectivity index (χ4n) is 0.834. The van der Waals surface area contributed by atoms with Gasteiger partial charge in [-0.3, -0.25) is 0 Å². The molecule has 2 nitrogen and oxygen atoms in total. The summed E-state index contributed by atoms with van der Waals surface area (Å²) < 4.78 is 0. The van der Waals surface area contributed by atoms with Gasteiger partial charge in [-0.2, -0.15) is 0 Å². The molecule has 0 heterocycles. The average Bonchev–Trinajstić information content (AvgIpc) is 2.02. The van der Waals surface area contributed by atoms with E-state index in [1.165, 1.54) is 6.08 Å². The van der Waals surface area contributed by atoms with Crippen molar-refractivity contribution in [3.05, 3.63) is 32.8 Å². The van der Waals surface area contributed by atoms with E-state index >= 15 is 0 Å². The summed E-state index contributed by atoms with van der Waals surface area (Å²) in [6.07, 6.45) is 1.41. The summed E-state index contributed by atoms with van der Waals surface area (Å²) in [5.74, 6) is 0. The Morgan fingerprint density at radius 1 is 1.23 bits per heavy atom. The molecule has 1 aromatic rings. The summed E-state index contributed by atoms with van der Waals surface area (Å²) in [6, 6.07) is 3.09. The molecule has 0 aromatic heterocycles. The van der Waals surface area contributed by atoms with E-state index in [1.807, 2.05) is 0 Å². The Kier molecular flexibility index (Phi) is 3.76. The van der Waals surface area contributed by atoms with E-state index in [0.29, 0.717) is 20.6 Å². The summed E-state index contributed by atoms with van der Waals surface area (Å²) in [5.41, 5.74) is 0.580. The molecule has 0 unspecified atom stereocenters. The van der Waals surface area contributed by atoms with Crippen LogP contribution in [-0.4, -0.2) is 6.08 Å². The molecule has 0 bridgehead atoms. The van der Waals surface area contributed by atoms with Crippen molar-refractivity contribution >= 4 is 40.9 Å². The van der Waals surface area contributed by atoms with E-state index in [1.54, 1.807) is 12.1 Å². The summed E-state index contributed by atoms with van der Waals surface area (Å²) in [7, 11) is 0. The van der Waals surface area contributed by atoms with E-state index in [4.69, 9.17) is 34.8 Å². The summed E-state index contributed by atoms with van der Waals surface area (Å²) >= 11 is 17.3. The molecular formula is C8H4Cl3NO. The Morgan fingerprint density at radius 3 is 2.23 bits per heavy atom. The van der Waals surface area contributed by atoms with E-state index in [0.717, 1.165) is 0 Å². The van der Waals surface area contributed by atoms with Gasteiger partial charge in [0.1, 0.15) is 0 Å². The van der Waals surface area contributed by atoms with Crippen LogP contribution in [-0.2, 0) is 11.3 Å². The Balaban J connectivity index is 3.12. The quantitative estimate of drug-likeness (QED) is 0.571. The fourth-order valence-corrected chi connectivity index (χ4v) is 1.77. The Labute approximate surface area is 90.1 Å². The smallest absolute Gasteiger partial charge is 0.211 e. The normalized spacial score (nSPS) is 9.46. The highest BCUT2D eigenvalue weighted by atomic mass is 35.5. The maximum Gasteiger partial charge on any atom is 0.235 e. The van der Waals surface area contributed by atoms with E-state index in [9.17, 15) is 4.79 Å². The molecule has 0 saturated carbocycles. The van der Waals surface area contributed by atoms with Crippen LogP contribution in [0, 0.1) is 0 Å². The molecule has 0 aliphatic rings. The zero-order valence-corrected chi connectivity index (χ0v) is 8.62. The molecule has 13 heavy (non-hydrogen) atoms. The van der Waals surface area contributed by atoms with Crippen LogP contribution in [0.15, 0.2) is 17.1 Å². The highest BCUT2D eigenvalue weighted by Crippen LogP contribution is 2.29. The molecule has 5 heteroatoms. The molecule has 1 rings (SSSR count). The third-order valence-corrected chi connectivity index (χ3v) is 2.30. The van der Waals surface area contributed by atoms with Gasteiger partial charge in [0.15, 0.2) is 0 Å². The largest absolute Gasteiger partial charge is 0.235 e. The van der Waals surface area contributed by atoms with Gasteiger partial charge < -0.3 is 0 Å². The Morgan fingerprint density at radius 2 is 1.77 bits per heavy atom. The van der Waals surface area contributed by atoms with Gasteiger partial charge in [-0.15, -0.1) is 0 Å². The van der Waals surface area contributed by atoms with Crippen LogP contribution in [0.4, 0.5) is 0 Å². The summed E-state index contributed by atoms with van der Waals surface area (Å²) in [6.45, 7) is 0.123. The van der Waals surface area contributed by atoms with Crippen molar-refractivity contribution in [1.29, 1.82) is 0 Å². The van der Waals surface area contributed by atoms with Crippen LogP contribution in [0.2, 0.25) is 15.1 Å². The van der Waals surface area contributed by atoms with Crippen LogP contribution in [0.25, 0.3) is 0 Å². The standard InChI is InChI=1S/C8H4Cl3NO/c9-5-1-7(10)6(3-12-4-13)8(11)2-5/h1-2H,3H2. The van der Waals surface area contributed by atoms with Crippen molar-refractivity contribution in [3.8, 4) is 0 Å². The van der Waals surface area contributed by atoms with Gasteiger partial charge >= 0.3 is 0 Å². The Hall–Kier alpha value is -0.530. The topological polar surface area (TPSA) is 29.4 Å². The minimum Gasteiger partial charge on any atom is -0.211 e. The van der Waals surface area contributed by atoms with Gasteiger partial charge in [0, 0.05) is 20.6 Å². The molecule has 0 atom stereocenters. The van der Waals surface area contributed by atoms with Crippen LogP contribution < -0.4 is 0 Å². The van der Waals surface area contributed by atoms with Gasteiger partial charge in [-0.1, -0.05) is 34.8 Å². The van der Waals surface area contributed by atoms with Gasteiger partial charge in [0.2, 0.25) is 6.08 Å². The molecule has 0 N–H and O–H groups in total. The molecule has 1 aromatic carbocycles. The SMILES string of the molecule is O=C=NCc1c(Cl)cc(Cl)cc1Cl. The minimum absolute atomic E-state index is 0.123. The number of hydrogen-bond donors (Lipinski definition) is 0. The van der Waals surface area contributed by atoms with Crippen molar-refractivity contribution in [1.82, 2.24) is 0 Å². The molecule has 0 radical (unpaired) electrons. The van der Waals surface area contributed by atoms with Gasteiger partial charge in [-0.25, -0.2) is 9.79 Å². The molecule has 0 amide bonds. The lowest BCUT2D eigenvalue weighted by Gasteiger charge is -2.03. The number of aliphatic imine (C=N–C) groups is 1. The molecule has 0 saturated heterocycles. The number of halogens is 3. The lowest BCUT2D eigenvalue weighted by atomic mass is 10.2. The number of isocyanates is 1. The van der Waals surface area contributed by atoms with E-state index in [-0.39, 0.29) is 6.54 Å². The first kappa shape index (κ1) is 10.6. The van der Waals surface area contributed by atoms with Gasteiger partial charge in [-0.05, 0) is 12.1 Å². The molecule has 68 valence electrons. The van der Waals surface area contributed by atoms with Crippen molar-refractivity contribution < 1.29 is 4.79 Å². The predicted molar refractivity (Wildman–Crippen MR) is 53.3 cm³/mol. The number of hydrogen-bond acceptors (Lipinski definition) is 2. The van der Waals surface area contributed by atoms with Crippen LogP contribution in [0.3, 0.4) is 0 Å². The second-order valence-electron chi connectivity index (χ2n) is 2.26. The lowest BCUT2D eigenvalue weighted by molar-refractivity contribution is 0.563. The summed E-state index contributed by atoms with van der Waals surface area (Å²) in [5, 5.41) is 1.25. The monoisotopic (exact) mass is 235 g/mol. The van der Waals surface area contributed by atoms with Crippen LogP contribution in [0.1, 0.15) is 5.56 Å². The second kappa shape index (κ2) is 4.64. The number of nitrogens with zero attached hydrogens (tertiary/aromatic N) is 1. The molecule has 0 spiro atoms. The van der Waals surface area contributed by atoms with E-state index in [2.05, 4.69) is 4.99 Å². The van der Waals surface area contributed by atoms with Crippen molar-refractivity contribution in [2.75, 3.05) is 0 Å². The van der Waals surface area contributed by atoms with Crippen molar-refractivity contribution in [2.45, 2.75) is 6.54 Å². The molecule has 0 aliphatic carbocycles. The zero-order valence-electron chi connectivity index (χ0n) is 6.35. The first-order chi connectivity index (χ1) is 6.15. The third kappa shape index (κ3) is 2.71. The maximum atomic E-state index is 9.86. The number of carbonyl (C=O) groups excluding carboxylic acids is 1. The molecule has 0 aliphatic heterocycles. The van der Waals surface area contributed by atoms with E-state index < -0.39 is 0 Å². The average molecular weight is 236 g/mol. The first-order valence-corrected chi connectivity index (χ1v) is 4.45. The number of rotatable bonds is 2. The zero-order chi connectivity index (χ0) is 9.84.